The summed E-state index contributed by atoms with van der Waals surface area (Å²) in [5.74, 6) is 0.210. The standard InChI is InChI=1S/C25H25FN6O3/c1-34-12-13-35-19-15-21-25(29-16-19)20(6-8-27-21)28-9-11-32-24(33)5-4-23(30-32)31-10-7-17-2-3-18(26)14-22(17)31/h2-8,10,14,16,19H,9,11-13,15H2,1H3,(H,27,28). The van der Waals surface area contributed by atoms with E-state index in [0.717, 1.165) is 22.5 Å². The molecule has 1 atom stereocenters. The first-order chi connectivity index (χ1) is 17.1. The Morgan fingerprint density at radius 3 is 2.97 bits per heavy atom. The number of nitrogens with zero attached hydrogens (tertiary/aromatic N) is 5. The van der Waals surface area contributed by atoms with E-state index in [0.29, 0.717) is 44.1 Å². The second-order valence-electron chi connectivity index (χ2n) is 8.11. The van der Waals surface area contributed by atoms with Gasteiger partial charge in [0.25, 0.3) is 5.56 Å². The van der Waals surface area contributed by atoms with Crippen LogP contribution in [0.2, 0.25) is 0 Å². The number of nitrogens with one attached hydrogen (secondary N) is 1. The van der Waals surface area contributed by atoms with E-state index in [2.05, 4.69) is 20.4 Å². The van der Waals surface area contributed by atoms with Crippen LogP contribution in [0.1, 0.15) is 5.69 Å². The molecule has 1 aliphatic heterocycles. The largest absolute Gasteiger partial charge is 0.382 e. The van der Waals surface area contributed by atoms with Crippen molar-refractivity contribution in [1.29, 1.82) is 0 Å². The Morgan fingerprint density at radius 2 is 2.09 bits per heavy atom. The lowest BCUT2D eigenvalue weighted by molar-refractivity contribution is 0.0493. The van der Waals surface area contributed by atoms with E-state index in [9.17, 15) is 9.18 Å². The van der Waals surface area contributed by atoms with Gasteiger partial charge in [0, 0.05) is 50.1 Å². The van der Waals surface area contributed by atoms with Crippen molar-refractivity contribution >= 4 is 28.5 Å². The molecule has 0 saturated heterocycles. The fourth-order valence-electron chi connectivity index (χ4n) is 4.04. The number of rotatable bonds is 9. The molecule has 1 aromatic carbocycles. The lowest BCUT2D eigenvalue weighted by atomic mass is 10.1. The van der Waals surface area contributed by atoms with Crippen LogP contribution in [0.3, 0.4) is 0 Å². The average molecular weight is 477 g/mol. The molecule has 1 unspecified atom stereocenters. The predicted octanol–water partition coefficient (Wildman–Crippen LogP) is 3.12. The highest BCUT2D eigenvalue weighted by Gasteiger charge is 2.19. The fraction of sp³-hybridized carbons (Fsp3) is 0.280. The third-order valence-corrected chi connectivity index (χ3v) is 5.78. The van der Waals surface area contributed by atoms with E-state index >= 15 is 0 Å². The number of methoxy groups -OCH3 is 1. The van der Waals surface area contributed by atoms with Gasteiger partial charge < -0.3 is 14.8 Å². The highest BCUT2D eigenvalue weighted by Crippen LogP contribution is 2.31. The zero-order valence-electron chi connectivity index (χ0n) is 19.2. The Balaban J connectivity index is 1.28. The Bertz CT molecular complexity index is 1430. The molecule has 4 aromatic rings. The maximum Gasteiger partial charge on any atom is 0.266 e. The molecule has 0 aliphatic carbocycles. The Kier molecular flexibility index (Phi) is 6.64. The van der Waals surface area contributed by atoms with Crippen molar-refractivity contribution < 1.29 is 13.9 Å². The molecule has 10 heteroatoms. The minimum atomic E-state index is -0.328. The van der Waals surface area contributed by atoms with Crippen molar-refractivity contribution in [3.63, 3.8) is 0 Å². The first-order valence-electron chi connectivity index (χ1n) is 11.3. The quantitative estimate of drug-likeness (QED) is 0.373. The monoisotopic (exact) mass is 476 g/mol. The Labute approximate surface area is 200 Å². The number of hydrogen-bond donors (Lipinski definition) is 1. The van der Waals surface area contributed by atoms with Gasteiger partial charge in [0.1, 0.15) is 11.5 Å². The van der Waals surface area contributed by atoms with Gasteiger partial charge in [-0.3, -0.25) is 19.3 Å². The molecule has 5 rings (SSSR count). The highest BCUT2D eigenvalue weighted by molar-refractivity contribution is 5.81. The normalized spacial score (nSPS) is 14.9. The van der Waals surface area contributed by atoms with Crippen molar-refractivity contribution in [3.05, 3.63) is 76.7 Å². The minimum absolute atomic E-state index is 0.135. The molecule has 3 aromatic heterocycles. The number of fused-ring (bicyclic) bond motifs is 2. The van der Waals surface area contributed by atoms with Gasteiger partial charge in [-0.25, -0.2) is 9.07 Å². The van der Waals surface area contributed by atoms with Crippen molar-refractivity contribution in [2.45, 2.75) is 19.1 Å². The first-order valence-corrected chi connectivity index (χ1v) is 11.3. The van der Waals surface area contributed by atoms with Crippen LogP contribution >= 0.6 is 0 Å². The SMILES string of the molecule is COCCOC1C=Nc2c(NCCn3nc(-n4ccc5ccc(F)cc54)ccc3=O)ccnc2C1. The molecule has 35 heavy (non-hydrogen) atoms. The number of benzene rings is 1. The van der Waals surface area contributed by atoms with Crippen molar-refractivity contribution in [3.8, 4) is 5.82 Å². The number of aliphatic imine (C=N–C) groups is 1. The summed E-state index contributed by atoms with van der Waals surface area (Å²) in [4.78, 5) is 21.4. The number of pyridine rings is 1. The molecule has 9 nitrogen and oxygen atoms in total. The lowest BCUT2D eigenvalue weighted by Gasteiger charge is -2.20. The molecule has 0 saturated carbocycles. The molecule has 4 heterocycles. The summed E-state index contributed by atoms with van der Waals surface area (Å²) in [6.45, 7) is 1.81. The molecule has 0 radical (unpaired) electrons. The number of halogens is 1. The van der Waals surface area contributed by atoms with E-state index in [-0.39, 0.29) is 17.5 Å². The van der Waals surface area contributed by atoms with E-state index in [4.69, 9.17) is 9.47 Å². The van der Waals surface area contributed by atoms with Crippen LogP contribution in [0.5, 0.6) is 0 Å². The predicted molar refractivity (Wildman–Crippen MR) is 131 cm³/mol. The summed E-state index contributed by atoms with van der Waals surface area (Å²) in [5, 5.41) is 8.72. The molecular weight excluding hydrogens is 451 g/mol. The smallest absolute Gasteiger partial charge is 0.266 e. The highest BCUT2D eigenvalue weighted by atomic mass is 19.1. The zero-order chi connectivity index (χ0) is 24.2. The Morgan fingerprint density at radius 1 is 1.17 bits per heavy atom. The molecule has 0 spiro atoms. The zero-order valence-corrected chi connectivity index (χ0v) is 19.2. The Hall–Kier alpha value is -3.89. The molecule has 0 fully saturated rings. The maximum atomic E-state index is 13.8. The molecule has 1 N–H and O–H groups in total. The van der Waals surface area contributed by atoms with E-state index in [1.54, 1.807) is 36.2 Å². The van der Waals surface area contributed by atoms with Crippen molar-refractivity contribution in [2.24, 2.45) is 4.99 Å². The summed E-state index contributed by atoms with van der Waals surface area (Å²) >= 11 is 0. The summed E-state index contributed by atoms with van der Waals surface area (Å²) in [7, 11) is 1.64. The summed E-state index contributed by atoms with van der Waals surface area (Å²) in [6.07, 6.45) is 5.82. The molecule has 1 aliphatic rings. The van der Waals surface area contributed by atoms with Crippen LogP contribution < -0.4 is 10.9 Å². The van der Waals surface area contributed by atoms with Crippen LogP contribution in [0.15, 0.2) is 64.6 Å². The first kappa shape index (κ1) is 22.9. The van der Waals surface area contributed by atoms with Crippen LogP contribution in [-0.4, -0.2) is 58.5 Å². The average Bonchev–Trinajstić information content (AvgIpc) is 3.28. The second-order valence-corrected chi connectivity index (χ2v) is 8.11. The summed E-state index contributed by atoms with van der Waals surface area (Å²) < 4.78 is 27.7. The fourth-order valence-corrected chi connectivity index (χ4v) is 4.04. The number of ether oxygens (including phenoxy) is 2. The molecule has 0 bridgehead atoms. The van der Waals surface area contributed by atoms with Crippen molar-refractivity contribution in [2.75, 3.05) is 32.2 Å². The third kappa shape index (κ3) is 4.98. The van der Waals surface area contributed by atoms with Gasteiger partial charge in [-0.1, -0.05) is 0 Å². The van der Waals surface area contributed by atoms with E-state index < -0.39 is 0 Å². The van der Waals surface area contributed by atoms with Gasteiger partial charge in [-0.2, -0.15) is 5.10 Å². The van der Waals surface area contributed by atoms with Gasteiger partial charge in [0.15, 0.2) is 5.82 Å². The summed E-state index contributed by atoms with van der Waals surface area (Å²) in [6, 6.07) is 11.4. The van der Waals surface area contributed by atoms with Gasteiger partial charge >= 0.3 is 0 Å². The molecule has 0 amide bonds. The number of hydrogen-bond acceptors (Lipinski definition) is 7. The van der Waals surface area contributed by atoms with E-state index in [1.807, 2.05) is 18.3 Å². The minimum Gasteiger partial charge on any atom is -0.382 e. The second kappa shape index (κ2) is 10.2. The van der Waals surface area contributed by atoms with Crippen LogP contribution in [-0.2, 0) is 22.4 Å². The lowest BCUT2D eigenvalue weighted by Crippen LogP contribution is -2.27. The van der Waals surface area contributed by atoms with E-state index in [1.165, 1.54) is 22.9 Å². The molecule has 180 valence electrons. The third-order valence-electron chi connectivity index (χ3n) is 5.78. The van der Waals surface area contributed by atoms with Crippen molar-refractivity contribution in [1.82, 2.24) is 19.3 Å². The van der Waals surface area contributed by atoms with Crippen LogP contribution in [0.4, 0.5) is 15.8 Å². The van der Waals surface area contributed by atoms with Gasteiger partial charge in [-0.05, 0) is 36.4 Å². The number of aromatic nitrogens is 4. The number of anilines is 1. The maximum absolute atomic E-state index is 13.8. The van der Waals surface area contributed by atoms with Crippen LogP contribution in [0, 0.1) is 5.82 Å². The van der Waals surface area contributed by atoms with Gasteiger partial charge in [-0.15, -0.1) is 0 Å². The van der Waals surface area contributed by atoms with Gasteiger partial charge in [0.05, 0.1) is 42.8 Å². The van der Waals surface area contributed by atoms with Gasteiger partial charge in [0.2, 0.25) is 0 Å². The topological polar surface area (TPSA) is 95.6 Å². The molecular formula is C25H25FN6O3. The summed E-state index contributed by atoms with van der Waals surface area (Å²) in [5.41, 5.74) is 2.92. The van der Waals surface area contributed by atoms with Crippen LogP contribution in [0.25, 0.3) is 16.7 Å².